The van der Waals surface area contributed by atoms with Gasteiger partial charge in [0.1, 0.15) is 4.83 Å². The predicted octanol–water partition coefficient (Wildman–Crippen LogP) is 3.51. The highest BCUT2D eigenvalue weighted by molar-refractivity contribution is 8.00. The van der Waals surface area contributed by atoms with Gasteiger partial charge in [0, 0.05) is 11.5 Å². The van der Waals surface area contributed by atoms with Crippen molar-refractivity contribution in [3.05, 3.63) is 20.8 Å². The highest BCUT2D eigenvalue weighted by atomic mass is 32.2. The maximum absolute atomic E-state index is 13.2. The number of nitriles is 1. The van der Waals surface area contributed by atoms with Crippen molar-refractivity contribution in [2.24, 2.45) is 0 Å². The first-order chi connectivity index (χ1) is 11.5. The lowest BCUT2D eigenvalue weighted by atomic mass is 10.1. The fourth-order valence-corrected chi connectivity index (χ4v) is 5.04. The summed E-state index contributed by atoms with van der Waals surface area (Å²) in [6.07, 6.45) is 2.88. The van der Waals surface area contributed by atoms with Gasteiger partial charge in [-0.05, 0) is 38.7 Å². The number of rotatable bonds is 5. The third-order valence-corrected chi connectivity index (χ3v) is 6.33. The molecule has 0 amide bonds. The lowest BCUT2D eigenvalue weighted by Crippen LogP contribution is -2.29. The summed E-state index contributed by atoms with van der Waals surface area (Å²) >= 11 is 2.91. The van der Waals surface area contributed by atoms with E-state index in [2.05, 4.69) is 13.0 Å². The number of fused-ring (bicyclic) bond motifs is 1. The van der Waals surface area contributed by atoms with E-state index in [1.807, 2.05) is 13.8 Å². The van der Waals surface area contributed by atoms with Gasteiger partial charge in [-0.15, -0.1) is 11.3 Å². The van der Waals surface area contributed by atoms with Gasteiger partial charge in [-0.1, -0.05) is 18.7 Å². The molecule has 0 saturated carbocycles. The molecule has 0 aliphatic carbocycles. The molecule has 7 heteroatoms. The van der Waals surface area contributed by atoms with E-state index >= 15 is 0 Å². The lowest BCUT2D eigenvalue weighted by molar-refractivity contribution is 0.0937. The number of thiophene rings is 1. The second-order valence-electron chi connectivity index (χ2n) is 6.00. The summed E-state index contributed by atoms with van der Waals surface area (Å²) in [5, 5.41) is 10.2. The molecule has 5 nitrogen and oxygen atoms in total. The summed E-state index contributed by atoms with van der Waals surface area (Å²) in [6.45, 7) is 7.21. The lowest BCUT2D eigenvalue weighted by Gasteiger charge is -2.16. The molecule has 2 aromatic heterocycles. The molecule has 0 radical (unpaired) electrons. The van der Waals surface area contributed by atoms with Crippen molar-refractivity contribution >= 4 is 33.3 Å². The minimum absolute atomic E-state index is 0.00402. The second-order valence-corrected chi connectivity index (χ2v) is 8.52. The SMILES string of the molecule is CCc1c(C)sc2nc(S[C@@H](C)C#N)n(C[C@H]3CCCO3)c(=O)c12. The topological polar surface area (TPSA) is 67.9 Å². The van der Waals surface area contributed by atoms with E-state index in [0.717, 1.165) is 46.5 Å². The summed E-state index contributed by atoms with van der Waals surface area (Å²) in [7, 11) is 0. The van der Waals surface area contributed by atoms with Gasteiger partial charge in [-0.25, -0.2) is 4.98 Å². The zero-order valence-electron chi connectivity index (χ0n) is 14.2. The van der Waals surface area contributed by atoms with Crippen molar-refractivity contribution in [1.29, 1.82) is 5.26 Å². The van der Waals surface area contributed by atoms with Crippen molar-refractivity contribution in [3.63, 3.8) is 0 Å². The van der Waals surface area contributed by atoms with Gasteiger partial charge >= 0.3 is 0 Å². The summed E-state index contributed by atoms with van der Waals surface area (Å²) < 4.78 is 7.44. The van der Waals surface area contributed by atoms with E-state index in [0.29, 0.717) is 11.7 Å². The normalized spacial score (nSPS) is 18.8. The monoisotopic (exact) mass is 363 g/mol. The fraction of sp³-hybridized carbons (Fsp3) is 0.588. The number of ether oxygens (including phenoxy) is 1. The average molecular weight is 364 g/mol. The maximum Gasteiger partial charge on any atom is 0.263 e. The average Bonchev–Trinajstić information content (AvgIpc) is 3.17. The van der Waals surface area contributed by atoms with Crippen LogP contribution in [-0.2, 0) is 17.7 Å². The molecule has 0 N–H and O–H groups in total. The van der Waals surface area contributed by atoms with Crippen LogP contribution in [-0.4, -0.2) is 27.5 Å². The van der Waals surface area contributed by atoms with Gasteiger partial charge in [-0.3, -0.25) is 9.36 Å². The van der Waals surface area contributed by atoms with Gasteiger partial charge in [-0.2, -0.15) is 5.26 Å². The van der Waals surface area contributed by atoms with Gasteiger partial charge in [0.05, 0.1) is 29.4 Å². The quantitative estimate of drug-likeness (QED) is 0.601. The molecule has 128 valence electrons. The van der Waals surface area contributed by atoms with Crippen LogP contribution in [0.25, 0.3) is 10.2 Å². The molecule has 24 heavy (non-hydrogen) atoms. The summed E-state index contributed by atoms with van der Waals surface area (Å²) in [5.41, 5.74) is 1.10. The highest BCUT2D eigenvalue weighted by Crippen LogP contribution is 2.31. The summed E-state index contributed by atoms with van der Waals surface area (Å²) in [6, 6.07) is 2.21. The molecular formula is C17H21N3O2S2. The third-order valence-electron chi connectivity index (χ3n) is 4.31. The Labute approximate surface area is 149 Å². The molecule has 3 rings (SSSR count). The molecule has 1 aliphatic rings. The number of hydrogen-bond acceptors (Lipinski definition) is 6. The van der Waals surface area contributed by atoms with Crippen molar-refractivity contribution in [2.45, 2.75) is 63.1 Å². The summed E-state index contributed by atoms with van der Waals surface area (Å²) in [4.78, 5) is 19.8. The Kier molecular flexibility index (Phi) is 5.28. The Morgan fingerprint density at radius 2 is 2.38 bits per heavy atom. The number of thioether (sulfide) groups is 1. The molecule has 1 fully saturated rings. The number of nitrogens with zero attached hydrogens (tertiary/aromatic N) is 3. The van der Waals surface area contributed by atoms with E-state index in [1.165, 1.54) is 11.8 Å². The smallest absolute Gasteiger partial charge is 0.263 e. The molecule has 2 atom stereocenters. The molecule has 0 unspecified atom stereocenters. The van der Waals surface area contributed by atoms with Crippen LogP contribution in [0.4, 0.5) is 0 Å². The van der Waals surface area contributed by atoms with Gasteiger partial charge < -0.3 is 4.74 Å². The molecule has 3 heterocycles. The van der Waals surface area contributed by atoms with E-state index < -0.39 is 0 Å². The molecule has 1 aliphatic heterocycles. The second kappa shape index (κ2) is 7.26. The molecule has 0 spiro atoms. The Hall–Kier alpha value is -1.36. The standard InChI is InChI=1S/C17H21N3O2S2/c1-4-13-11(3)24-15-14(13)16(21)20(9-12-6-5-7-22-12)17(19-15)23-10(2)8-18/h10,12H,4-7,9H2,1-3H3/t10-,12+/m0/s1. The molecule has 1 saturated heterocycles. The van der Waals surface area contributed by atoms with Crippen LogP contribution in [0.3, 0.4) is 0 Å². The van der Waals surface area contributed by atoms with E-state index in [4.69, 9.17) is 15.0 Å². The van der Waals surface area contributed by atoms with Crippen molar-refractivity contribution < 1.29 is 4.74 Å². The minimum Gasteiger partial charge on any atom is -0.376 e. The van der Waals surface area contributed by atoms with Crippen LogP contribution in [0.1, 0.15) is 37.1 Å². The molecular weight excluding hydrogens is 342 g/mol. The van der Waals surface area contributed by atoms with E-state index in [9.17, 15) is 4.79 Å². The van der Waals surface area contributed by atoms with Crippen molar-refractivity contribution in [2.75, 3.05) is 6.61 Å². The Bertz CT molecular complexity index is 844. The number of aromatic nitrogens is 2. The van der Waals surface area contributed by atoms with Crippen LogP contribution in [0, 0.1) is 18.3 Å². The molecule has 2 aromatic rings. The van der Waals surface area contributed by atoms with Crippen LogP contribution >= 0.6 is 23.1 Å². The Balaban J connectivity index is 2.15. The zero-order chi connectivity index (χ0) is 17.3. The Morgan fingerprint density at radius 1 is 1.58 bits per heavy atom. The Morgan fingerprint density at radius 3 is 3.00 bits per heavy atom. The van der Waals surface area contributed by atoms with Crippen LogP contribution in [0.15, 0.2) is 9.95 Å². The van der Waals surface area contributed by atoms with Crippen molar-refractivity contribution in [3.8, 4) is 6.07 Å². The van der Waals surface area contributed by atoms with Crippen LogP contribution in [0.5, 0.6) is 0 Å². The maximum atomic E-state index is 13.2. The highest BCUT2D eigenvalue weighted by Gasteiger charge is 2.23. The first kappa shape index (κ1) is 17.5. The van der Waals surface area contributed by atoms with Gasteiger partial charge in [0.15, 0.2) is 5.16 Å². The van der Waals surface area contributed by atoms with Crippen LogP contribution in [0.2, 0.25) is 0 Å². The minimum atomic E-state index is -0.253. The van der Waals surface area contributed by atoms with Crippen LogP contribution < -0.4 is 5.56 Å². The zero-order valence-corrected chi connectivity index (χ0v) is 15.8. The predicted molar refractivity (Wildman–Crippen MR) is 97.9 cm³/mol. The molecule has 0 aromatic carbocycles. The van der Waals surface area contributed by atoms with Gasteiger partial charge in [0.2, 0.25) is 0 Å². The first-order valence-electron chi connectivity index (χ1n) is 8.25. The third kappa shape index (κ3) is 3.23. The number of hydrogen-bond donors (Lipinski definition) is 0. The van der Waals surface area contributed by atoms with E-state index in [1.54, 1.807) is 15.9 Å². The summed E-state index contributed by atoms with van der Waals surface area (Å²) in [5.74, 6) is 0. The van der Waals surface area contributed by atoms with Gasteiger partial charge in [0.25, 0.3) is 5.56 Å². The molecule has 0 bridgehead atoms. The number of aryl methyl sites for hydroxylation is 2. The first-order valence-corrected chi connectivity index (χ1v) is 9.95. The van der Waals surface area contributed by atoms with E-state index in [-0.39, 0.29) is 16.9 Å². The van der Waals surface area contributed by atoms with Crippen molar-refractivity contribution in [1.82, 2.24) is 9.55 Å². The largest absolute Gasteiger partial charge is 0.376 e. The fourth-order valence-electron chi connectivity index (χ4n) is 3.08.